The summed E-state index contributed by atoms with van der Waals surface area (Å²) in [6.45, 7) is 4.44. The number of likely N-dealkylation sites (tertiary alicyclic amines) is 1. The van der Waals surface area contributed by atoms with E-state index in [0.29, 0.717) is 13.0 Å². The van der Waals surface area contributed by atoms with Crippen molar-refractivity contribution in [3.8, 4) is 11.3 Å². The summed E-state index contributed by atoms with van der Waals surface area (Å²) >= 11 is 1.24. The fourth-order valence-electron chi connectivity index (χ4n) is 5.29. The average molecular weight is 497 g/mol. The molecule has 188 valence electrons. The Labute approximate surface area is 211 Å². The molecule has 0 unspecified atom stereocenters. The summed E-state index contributed by atoms with van der Waals surface area (Å²) in [5.74, 6) is -0.136. The van der Waals surface area contributed by atoms with Gasteiger partial charge in [0.25, 0.3) is 0 Å². The molecule has 0 bridgehead atoms. The van der Waals surface area contributed by atoms with Gasteiger partial charge in [0.2, 0.25) is 11.8 Å². The Hall–Kier alpha value is -2.61. The zero-order chi connectivity index (χ0) is 24.8. The van der Waals surface area contributed by atoms with E-state index in [0.717, 1.165) is 54.7 Å². The number of carbonyl (C=O) groups is 3. The molecule has 2 aromatic rings. The largest absolute Gasteiger partial charge is 0.344 e. The predicted octanol–water partition coefficient (Wildman–Crippen LogP) is 4.42. The van der Waals surface area contributed by atoms with E-state index in [1.54, 1.807) is 4.90 Å². The number of rotatable bonds is 9. The van der Waals surface area contributed by atoms with Crippen molar-refractivity contribution in [2.45, 2.75) is 83.7 Å². The molecular weight excluding hydrogens is 460 g/mol. The summed E-state index contributed by atoms with van der Waals surface area (Å²) < 4.78 is 4.09. The molecule has 1 N–H and O–H groups in total. The highest BCUT2D eigenvalue weighted by Crippen LogP contribution is 2.31. The quantitative estimate of drug-likeness (QED) is 0.555. The fourth-order valence-corrected chi connectivity index (χ4v) is 5.96. The fraction of sp³-hybridized carbons (Fsp3) is 0.593. The van der Waals surface area contributed by atoms with Gasteiger partial charge in [-0.25, -0.2) is 0 Å². The highest BCUT2D eigenvalue weighted by Gasteiger charge is 2.41. The van der Waals surface area contributed by atoms with Gasteiger partial charge >= 0.3 is 0 Å². The Morgan fingerprint density at radius 1 is 1.09 bits per heavy atom. The van der Waals surface area contributed by atoms with Gasteiger partial charge in [-0.05, 0) is 49.6 Å². The van der Waals surface area contributed by atoms with Crippen molar-refractivity contribution in [1.29, 1.82) is 0 Å². The van der Waals surface area contributed by atoms with Crippen LogP contribution in [0.15, 0.2) is 30.3 Å². The molecule has 2 fully saturated rings. The number of nitrogens with one attached hydrogen (secondary N) is 1. The molecule has 8 heteroatoms. The highest BCUT2D eigenvalue weighted by molar-refractivity contribution is 7.06. The first-order chi connectivity index (χ1) is 17.0. The number of hydrogen-bond donors (Lipinski definition) is 1. The lowest BCUT2D eigenvalue weighted by molar-refractivity contribution is -0.142. The van der Waals surface area contributed by atoms with Crippen molar-refractivity contribution in [3.05, 3.63) is 35.2 Å². The van der Waals surface area contributed by atoms with Gasteiger partial charge in [0.15, 0.2) is 5.78 Å². The molecule has 1 aromatic carbocycles. The molecule has 1 saturated carbocycles. The van der Waals surface area contributed by atoms with Crippen LogP contribution in [0.25, 0.3) is 11.3 Å². The summed E-state index contributed by atoms with van der Waals surface area (Å²) in [6, 6.07) is 8.75. The van der Waals surface area contributed by atoms with E-state index in [-0.39, 0.29) is 35.9 Å². The topological polar surface area (TPSA) is 92.3 Å². The number of amides is 2. The van der Waals surface area contributed by atoms with E-state index in [9.17, 15) is 14.4 Å². The number of hydrogen-bond acceptors (Lipinski definition) is 6. The van der Waals surface area contributed by atoms with Crippen LogP contribution >= 0.6 is 11.5 Å². The smallest absolute Gasteiger partial charge is 0.246 e. The molecule has 2 aliphatic rings. The first-order valence-corrected chi connectivity index (χ1v) is 13.8. The van der Waals surface area contributed by atoms with Gasteiger partial charge in [0.1, 0.15) is 11.7 Å². The van der Waals surface area contributed by atoms with Gasteiger partial charge in [0, 0.05) is 24.4 Å². The van der Waals surface area contributed by atoms with E-state index >= 15 is 0 Å². The van der Waals surface area contributed by atoms with Crippen LogP contribution in [0.3, 0.4) is 0 Å². The van der Waals surface area contributed by atoms with Gasteiger partial charge in [-0.3, -0.25) is 14.4 Å². The van der Waals surface area contributed by atoms with Crippen molar-refractivity contribution in [2.75, 3.05) is 6.54 Å². The van der Waals surface area contributed by atoms with Crippen molar-refractivity contribution < 1.29 is 14.4 Å². The first kappa shape index (κ1) is 25.5. The van der Waals surface area contributed by atoms with Crippen LogP contribution in [-0.4, -0.2) is 50.7 Å². The van der Waals surface area contributed by atoms with Gasteiger partial charge < -0.3 is 10.2 Å². The Balaban J connectivity index is 1.50. The van der Waals surface area contributed by atoms with Crippen LogP contribution < -0.4 is 5.32 Å². The third kappa shape index (κ3) is 5.97. The number of carbonyl (C=O) groups excluding carboxylic acids is 3. The minimum atomic E-state index is -0.546. The second-order valence-corrected chi connectivity index (χ2v) is 10.8. The Bertz CT molecular complexity index is 1020. The summed E-state index contributed by atoms with van der Waals surface area (Å²) in [6.07, 6.45) is 7.62. The van der Waals surface area contributed by atoms with Gasteiger partial charge in [0.05, 0.1) is 10.9 Å². The van der Waals surface area contributed by atoms with Crippen LogP contribution in [0.1, 0.15) is 70.1 Å². The van der Waals surface area contributed by atoms with Crippen LogP contribution in [0.2, 0.25) is 0 Å². The second-order valence-electron chi connectivity index (χ2n) is 9.94. The highest BCUT2D eigenvalue weighted by atomic mass is 32.1. The van der Waals surface area contributed by atoms with Gasteiger partial charge in [-0.2, -0.15) is 0 Å². The maximum atomic E-state index is 13.8. The zero-order valence-electron chi connectivity index (χ0n) is 20.7. The van der Waals surface area contributed by atoms with E-state index in [2.05, 4.69) is 14.9 Å². The summed E-state index contributed by atoms with van der Waals surface area (Å²) in [7, 11) is 0. The second kappa shape index (κ2) is 11.9. The molecule has 7 nitrogen and oxygen atoms in total. The lowest BCUT2D eigenvalue weighted by atomic mass is 9.83. The monoisotopic (exact) mass is 496 g/mol. The third-order valence-corrected chi connectivity index (χ3v) is 8.31. The minimum Gasteiger partial charge on any atom is -0.344 e. The van der Waals surface area contributed by atoms with Crippen molar-refractivity contribution in [2.24, 2.45) is 11.8 Å². The van der Waals surface area contributed by atoms with Crippen molar-refractivity contribution >= 4 is 29.1 Å². The van der Waals surface area contributed by atoms with Crippen LogP contribution in [0.4, 0.5) is 0 Å². The Morgan fingerprint density at radius 3 is 2.54 bits per heavy atom. The van der Waals surface area contributed by atoms with E-state index in [1.807, 2.05) is 44.2 Å². The number of nitrogens with zero attached hydrogens (tertiary/aromatic N) is 3. The van der Waals surface area contributed by atoms with Crippen LogP contribution in [0, 0.1) is 11.8 Å². The Kier molecular flexibility index (Phi) is 8.65. The normalized spacial score (nSPS) is 20.4. The standard InChI is InChI=1S/C27H36N4O3S/c1-3-18(2)26(33)28-25(20-13-8-5-9-14-20)27(34)31-16-10-15-21(31)22(32)17-23-24(29-30-35-23)19-11-6-4-7-12-19/h4,6-7,11-12,18,20-21,25H,3,5,8-10,13-17H2,1-2H3,(H,28,33)/t18-,21+,25+/m0/s1. The predicted molar refractivity (Wildman–Crippen MR) is 137 cm³/mol. The maximum Gasteiger partial charge on any atom is 0.246 e. The lowest BCUT2D eigenvalue weighted by Crippen LogP contribution is -2.55. The molecular formula is C27H36N4O3S. The third-order valence-electron chi connectivity index (χ3n) is 7.59. The first-order valence-electron chi connectivity index (χ1n) is 13.0. The molecule has 4 rings (SSSR count). The molecule has 2 heterocycles. The molecule has 35 heavy (non-hydrogen) atoms. The van der Waals surface area contributed by atoms with E-state index in [1.165, 1.54) is 18.0 Å². The number of aromatic nitrogens is 2. The number of ketones is 1. The summed E-state index contributed by atoms with van der Waals surface area (Å²) in [5, 5.41) is 7.35. The van der Waals surface area contributed by atoms with Crippen molar-refractivity contribution in [1.82, 2.24) is 19.8 Å². The molecule has 0 spiro atoms. The van der Waals surface area contributed by atoms with Gasteiger partial charge in [-0.15, -0.1) is 5.10 Å². The minimum absolute atomic E-state index is 0.0229. The van der Waals surface area contributed by atoms with Gasteiger partial charge in [-0.1, -0.05) is 67.9 Å². The average Bonchev–Trinajstić information content (AvgIpc) is 3.57. The van der Waals surface area contributed by atoms with Crippen LogP contribution in [0.5, 0.6) is 0 Å². The zero-order valence-corrected chi connectivity index (χ0v) is 21.6. The SMILES string of the molecule is CC[C@H](C)C(=O)N[C@@H](C(=O)N1CCC[C@@H]1C(=O)Cc1snnc1-c1ccccc1)C1CCCCC1. The van der Waals surface area contributed by atoms with Crippen LogP contribution in [-0.2, 0) is 20.8 Å². The lowest BCUT2D eigenvalue weighted by Gasteiger charge is -2.35. The van der Waals surface area contributed by atoms with Crippen molar-refractivity contribution in [3.63, 3.8) is 0 Å². The molecule has 1 saturated heterocycles. The molecule has 0 radical (unpaired) electrons. The maximum absolute atomic E-state index is 13.8. The Morgan fingerprint density at radius 2 is 1.83 bits per heavy atom. The van der Waals surface area contributed by atoms with E-state index in [4.69, 9.17) is 0 Å². The summed E-state index contributed by atoms with van der Waals surface area (Å²) in [5.41, 5.74) is 1.68. The molecule has 3 atom stereocenters. The molecule has 1 aliphatic heterocycles. The molecule has 1 aliphatic carbocycles. The molecule has 2 amide bonds. The van der Waals surface area contributed by atoms with E-state index < -0.39 is 12.1 Å². The summed E-state index contributed by atoms with van der Waals surface area (Å²) in [4.78, 5) is 42.6. The number of benzene rings is 1. The molecule has 1 aromatic heterocycles. The number of Topliss-reactive ketones (excluding diaryl/α,β-unsaturated/α-hetero) is 1.